The number of carbonyl (C=O) groups is 1. The Bertz CT molecular complexity index is 1060. The zero-order valence-corrected chi connectivity index (χ0v) is 16.6. The largest absolute Gasteiger partial charge is 0.487 e. The van der Waals surface area contributed by atoms with E-state index in [1.807, 2.05) is 6.92 Å². The van der Waals surface area contributed by atoms with E-state index in [0.29, 0.717) is 28.4 Å². The molecule has 1 heterocycles. The van der Waals surface area contributed by atoms with Crippen LogP contribution in [0.5, 0.6) is 5.75 Å². The minimum atomic E-state index is -4.40. The van der Waals surface area contributed by atoms with E-state index in [9.17, 15) is 18.0 Å². The van der Waals surface area contributed by atoms with Gasteiger partial charge in [0.1, 0.15) is 18.1 Å². The van der Waals surface area contributed by atoms with Crippen LogP contribution in [0, 0.1) is 13.8 Å². The molecule has 158 valence electrons. The molecule has 2 aromatic carbocycles. The molecule has 0 spiro atoms. The maximum absolute atomic E-state index is 12.7. The van der Waals surface area contributed by atoms with Crippen LogP contribution in [0.1, 0.15) is 40.9 Å². The van der Waals surface area contributed by atoms with Gasteiger partial charge in [0.2, 0.25) is 0 Å². The molecule has 0 saturated heterocycles. The van der Waals surface area contributed by atoms with Gasteiger partial charge < -0.3 is 9.84 Å². The molecule has 0 aliphatic heterocycles. The Labute approximate surface area is 170 Å². The van der Waals surface area contributed by atoms with Crippen LogP contribution in [-0.4, -0.2) is 26.1 Å². The van der Waals surface area contributed by atoms with E-state index in [1.165, 1.54) is 16.9 Å². The molecular weight excluding hydrogens is 399 g/mol. The standard InChI is InChI=1S/C21H20F3N3O3/c1-12-10-17(8-9-18(12)13(2)20(28)29)30-11-19-14(3)25-27(26-19)16-6-4-15(5-7-16)21(22,23)24/h4-10,13H,11H2,1-3H3,(H,28,29). The number of aryl methyl sites for hydroxylation is 2. The quantitative estimate of drug-likeness (QED) is 0.628. The van der Waals surface area contributed by atoms with Gasteiger partial charge in [0, 0.05) is 0 Å². The first-order valence-electron chi connectivity index (χ1n) is 9.13. The molecule has 9 heteroatoms. The molecule has 3 rings (SSSR count). The molecule has 30 heavy (non-hydrogen) atoms. The Morgan fingerprint density at radius 1 is 1.13 bits per heavy atom. The summed E-state index contributed by atoms with van der Waals surface area (Å²) in [5.74, 6) is -0.968. The van der Waals surface area contributed by atoms with Crippen molar-refractivity contribution in [3.05, 3.63) is 70.5 Å². The molecule has 1 N–H and O–H groups in total. The Morgan fingerprint density at radius 3 is 2.37 bits per heavy atom. The van der Waals surface area contributed by atoms with E-state index in [-0.39, 0.29) is 6.61 Å². The highest BCUT2D eigenvalue weighted by atomic mass is 19.4. The predicted molar refractivity (Wildman–Crippen MR) is 103 cm³/mol. The van der Waals surface area contributed by atoms with Crippen LogP contribution in [0.4, 0.5) is 13.2 Å². The lowest BCUT2D eigenvalue weighted by Gasteiger charge is -2.12. The van der Waals surface area contributed by atoms with E-state index >= 15 is 0 Å². The fourth-order valence-corrected chi connectivity index (χ4v) is 2.95. The number of carboxylic acids is 1. The Hall–Kier alpha value is -3.36. The van der Waals surface area contributed by atoms with Gasteiger partial charge >= 0.3 is 12.1 Å². The van der Waals surface area contributed by atoms with Crippen LogP contribution in [0.15, 0.2) is 42.5 Å². The summed E-state index contributed by atoms with van der Waals surface area (Å²) in [7, 11) is 0. The van der Waals surface area contributed by atoms with Crippen molar-refractivity contribution in [1.29, 1.82) is 0 Å². The van der Waals surface area contributed by atoms with Crippen molar-refractivity contribution in [2.75, 3.05) is 0 Å². The molecule has 0 aliphatic rings. The molecule has 0 bridgehead atoms. The van der Waals surface area contributed by atoms with Gasteiger partial charge in [0.15, 0.2) is 0 Å². The zero-order chi connectivity index (χ0) is 22.1. The lowest BCUT2D eigenvalue weighted by Crippen LogP contribution is -2.09. The third-order valence-corrected chi connectivity index (χ3v) is 4.76. The molecule has 3 aromatic rings. The van der Waals surface area contributed by atoms with Crippen molar-refractivity contribution in [3.63, 3.8) is 0 Å². The van der Waals surface area contributed by atoms with E-state index in [4.69, 9.17) is 9.84 Å². The summed E-state index contributed by atoms with van der Waals surface area (Å²) in [5, 5.41) is 17.7. The van der Waals surface area contributed by atoms with Crippen LogP contribution in [-0.2, 0) is 17.6 Å². The maximum Gasteiger partial charge on any atom is 0.416 e. The second-order valence-corrected chi connectivity index (χ2v) is 6.93. The molecule has 0 amide bonds. The fraction of sp³-hybridized carbons (Fsp3) is 0.286. The fourth-order valence-electron chi connectivity index (χ4n) is 2.95. The van der Waals surface area contributed by atoms with Crippen molar-refractivity contribution in [1.82, 2.24) is 15.0 Å². The topological polar surface area (TPSA) is 77.2 Å². The minimum Gasteiger partial charge on any atom is -0.487 e. The Morgan fingerprint density at radius 2 is 1.80 bits per heavy atom. The molecule has 1 unspecified atom stereocenters. The van der Waals surface area contributed by atoms with E-state index in [1.54, 1.807) is 32.0 Å². The number of ether oxygens (including phenoxy) is 1. The van der Waals surface area contributed by atoms with Crippen molar-refractivity contribution < 1.29 is 27.8 Å². The number of aromatic nitrogens is 3. The number of hydrogen-bond acceptors (Lipinski definition) is 4. The average Bonchev–Trinajstić information content (AvgIpc) is 3.06. The van der Waals surface area contributed by atoms with Gasteiger partial charge in [-0.15, -0.1) is 5.10 Å². The normalized spacial score (nSPS) is 12.6. The summed E-state index contributed by atoms with van der Waals surface area (Å²) >= 11 is 0. The molecule has 0 radical (unpaired) electrons. The Kier molecular flexibility index (Phi) is 5.82. The number of nitrogens with zero attached hydrogens (tertiary/aromatic N) is 3. The molecular formula is C21H20F3N3O3. The van der Waals surface area contributed by atoms with Crippen LogP contribution in [0.25, 0.3) is 5.69 Å². The highest BCUT2D eigenvalue weighted by Gasteiger charge is 2.30. The second-order valence-electron chi connectivity index (χ2n) is 6.93. The van der Waals surface area contributed by atoms with E-state index < -0.39 is 23.6 Å². The lowest BCUT2D eigenvalue weighted by atomic mass is 9.96. The number of carboxylic acid groups (broad SMARTS) is 1. The van der Waals surface area contributed by atoms with Crippen molar-refractivity contribution >= 4 is 5.97 Å². The molecule has 0 aliphatic carbocycles. The molecule has 0 saturated carbocycles. The monoisotopic (exact) mass is 419 g/mol. The minimum absolute atomic E-state index is 0.111. The third-order valence-electron chi connectivity index (χ3n) is 4.76. The lowest BCUT2D eigenvalue weighted by molar-refractivity contribution is -0.138. The number of halogens is 3. The maximum atomic E-state index is 12.7. The molecule has 6 nitrogen and oxygen atoms in total. The van der Waals surface area contributed by atoms with Crippen LogP contribution in [0.3, 0.4) is 0 Å². The summed E-state index contributed by atoms with van der Waals surface area (Å²) in [6.45, 7) is 5.27. The molecule has 0 fully saturated rings. The first kappa shape index (κ1) is 21.4. The smallest absolute Gasteiger partial charge is 0.416 e. The summed E-state index contributed by atoms with van der Waals surface area (Å²) < 4.78 is 43.9. The predicted octanol–water partition coefficient (Wildman–Crippen LogP) is 4.67. The van der Waals surface area contributed by atoms with Gasteiger partial charge in [0.25, 0.3) is 0 Å². The highest BCUT2D eigenvalue weighted by Crippen LogP contribution is 2.29. The van der Waals surface area contributed by atoms with Gasteiger partial charge in [0.05, 0.1) is 22.9 Å². The van der Waals surface area contributed by atoms with Gasteiger partial charge in [-0.05, 0) is 68.3 Å². The van der Waals surface area contributed by atoms with Crippen molar-refractivity contribution in [2.24, 2.45) is 0 Å². The summed E-state index contributed by atoms with van der Waals surface area (Å²) in [6.07, 6.45) is -4.40. The number of aliphatic carboxylic acids is 1. The summed E-state index contributed by atoms with van der Waals surface area (Å²) in [6, 6.07) is 9.73. The third kappa shape index (κ3) is 4.61. The summed E-state index contributed by atoms with van der Waals surface area (Å²) in [5.41, 5.74) is 2.29. The van der Waals surface area contributed by atoms with Crippen molar-refractivity contribution in [3.8, 4) is 11.4 Å². The van der Waals surface area contributed by atoms with Gasteiger partial charge in [-0.25, -0.2) is 0 Å². The van der Waals surface area contributed by atoms with Gasteiger partial charge in [-0.3, -0.25) is 4.79 Å². The average molecular weight is 419 g/mol. The Balaban J connectivity index is 1.72. The number of hydrogen-bond donors (Lipinski definition) is 1. The van der Waals surface area contributed by atoms with Gasteiger partial charge in [-0.2, -0.15) is 23.1 Å². The van der Waals surface area contributed by atoms with Crippen molar-refractivity contribution in [2.45, 2.75) is 39.5 Å². The number of rotatable bonds is 6. The molecule has 1 aromatic heterocycles. The number of alkyl halides is 3. The number of benzene rings is 2. The van der Waals surface area contributed by atoms with Crippen LogP contribution < -0.4 is 4.74 Å². The van der Waals surface area contributed by atoms with E-state index in [2.05, 4.69) is 10.2 Å². The zero-order valence-electron chi connectivity index (χ0n) is 16.6. The van der Waals surface area contributed by atoms with Crippen LogP contribution in [0.2, 0.25) is 0 Å². The second kappa shape index (κ2) is 8.17. The van der Waals surface area contributed by atoms with Crippen LogP contribution >= 0.6 is 0 Å². The first-order chi connectivity index (χ1) is 14.1. The highest BCUT2D eigenvalue weighted by molar-refractivity contribution is 5.76. The molecule has 1 atom stereocenters. The SMILES string of the molecule is Cc1cc(OCc2nn(-c3ccc(C(F)(F)F)cc3)nc2C)ccc1C(C)C(=O)O. The van der Waals surface area contributed by atoms with E-state index in [0.717, 1.165) is 17.7 Å². The first-order valence-corrected chi connectivity index (χ1v) is 9.13. The summed E-state index contributed by atoms with van der Waals surface area (Å²) in [4.78, 5) is 12.4. The van der Waals surface area contributed by atoms with Gasteiger partial charge in [-0.1, -0.05) is 6.07 Å².